The standard InChI is InChI=1S/C11H29NO3Si2/c1-13-17(14-2,15-3)11-7-9-12-8-6-10-16(4)5/h12,16H,6-11H2,1-5H3. The molecule has 0 saturated heterocycles. The van der Waals surface area contributed by atoms with Crippen LogP contribution in [0.4, 0.5) is 0 Å². The Kier molecular flexibility index (Phi) is 10.4. The summed E-state index contributed by atoms with van der Waals surface area (Å²) in [5.74, 6) is 0. The largest absolute Gasteiger partial charge is 0.500 e. The molecule has 0 fully saturated rings. The Balaban J connectivity index is 3.49. The molecule has 104 valence electrons. The van der Waals surface area contributed by atoms with E-state index in [1.165, 1.54) is 12.5 Å². The first-order valence-electron chi connectivity index (χ1n) is 6.46. The van der Waals surface area contributed by atoms with Gasteiger partial charge in [-0.1, -0.05) is 19.1 Å². The van der Waals surface area contributed by atoms with Crippen molar-refractivity contribution in [2.24, 2.45) is 0 Å². The maximum absolute atomic E-state index is 5.37. The fourth-order valence-corrected chi connectivity index (χ4v) is 4.49. The number of hydrogen-bond acceptors (Lipinski definition) is 4. The van der Waals surface area contributed by atoms with Gasteiger partial charge in [0.25, 0.3) is 0 Å². The number of rotatable bonds is 11. The van der Waals surface area contributed by atoms with Crippen LogP contribution >= 0.6 is 0 Å². The van der Waals surface area contributed by atoms with E-state index < -0.39 is 8.80 Å². The van der Waals surface area contributed by atoms with Gasteiger partial charge in [-0.2, -0.15) is 0 Å². The minimum absolute atomic E-state index is 0.365. The third-order valence-electron chi connectivity index (χ3n) is 2.90. The summed E-state index contributed by atoms with van der Waals surface area (Å²) >= 11 is 0. The molecule has 0 aliphatic heterocycles. The van der Waals surface area contributed by atoms with Gasteiger partial charge in [0.2, 0.25) is 0 Å². The minimum atomic E-state index is -2.34. The van der Waals surface area contributed by atoms with Crippen molar-refractivity contribution in [2.75, 3.05) is 34.4 Å². The molecule has 0 rings (SSSR count). The van der Waals surface area contributed by atoms with Crippen LogP contribution in [0.15, 0.2) is 0 Å². The first-order chi connectivity index (χ1) is 8.10. The second-order valence-corrected chi connectivity index (χ2v) is 11.1. The molecule has 1 N–H and O–H groups in total. The van der Waals surface area contributed by atoms with Crippen molar-refractivity contribution in [3.8, 4) is 0 Å². The highest BCUT2D eigenvalue weighted by Gasteiger charge is 2.36. The fourth-order valence-electron chi connectivity index (χ4n) is 1.75. The van der Waals surface area contributed by atoms with Crippen LogP contribution in [0.1, 0.15) is 12.8 Å². The summed E-state index contributed by atoms with van der Waals surface area (Å²) in [5, 5.41) is 3.46. The lowest BCUT2D eigenvalue weighted by molar-refractivity contribution is 0.123. The van der Waals surface area contributed by atoms with Gasteiger partial charge in [0.05, 0.1) is 0 Å². The maximum atomic E-state index is 5.37. The summed E-state index contributed by atoms with van der Waals surface area (Å²) in [6.07, 6.45) is 2.35. The molecule has 0 saturated carbocycles. The van der Waals surface area contributed by atoms with E-state index in [9.17, 15) is 0 Å². The Labute approximate surface area is 109 Å². The molecule has 0 aromatic rings. The van der Waals surface area contributed by atoms with Gasteiger partial charge in [-0.05, 0) is 25.9 Å². The van der Waals surface area contributed by atoms with E-state index in [0.29, 0.717) is 0 Å². The lowest BCUT2D eigenvalue weighted by atomic mass is 10.4. The predicted octanol–water partition coefficient (Wildman–Crippen LogP) is 1.72. The molecule has 6 heteroatoms. The predicted molar refractivity (Wildman–Crippen MR) is 77.4 cm³/mol. The van der Waals surface area contributed by atoms with E-state index in [1.54, 1.807) is 21.3 Å². The van der Waals surface area contributed by atoms with Crippen molar-refractivity contribution < 1.29 is 13.3 Å². The third kappa shape index (κ3) is 8.07. The van der Waals surface area contributed by atoms with Crippen LogP contribution in [0.3, 0.4) is 0 Å². The first kappa shape index (κ1) is 17.3. The second kappa shape index (κ2) is 10.2. The SMILES string of the molecule is CO[Si](CCCNCCC[SiH](C)C)(OC)OC. The Morgan fingerprint density at radius 3 is 1.94 bits per heavy atom. The van der Waals surface area contributed by atoms with Crippen LogP contribution in [0.2, 0.25) is 25.2 Å². The van der Waals surface area contributed by atoms with Crippen LogP contribution in [-0.4, -0.2) is 52.0 Å². The summed E-state index contributed by atoms with van der Waals surface area (Å²) in [4.78, 5) is 0. The molecule has 17 heavy (non-hydrogen) atoms. The van der Waals surface area contributed by atoms with E-state index in [2.05, 4.69) is 18.4 Å². The van der Waals surface area contributed by atoms with Gasteiger partial charge in [-0.15, -0.1) is 0 Å². The van der Waals surface area contributed by atoms with Gasteiger partial charge in [-0.3, -0.25) is 0 Å². The van der Waals surface area contributed by atoms with Crippen molar-refractivity contribution in [3.05, 3.63) is 0 Å². The highest BCUT2D eigenvalue weighted by molar-refractivity contribution is 6.60. The molecule has 0 heterocycles. The Bertz CT molecular complexity index is 170. The molecule has 0 aliphatic rings. The van der Waals surface area contributed by atoms with Crippen LogP contribution < -0.4 is 5.32 Å². The summed E-state index contributed by atoms with van der Waals surface area (Å²) < 4.78 is 16.1. The molecule has 4 nitrogen and oxygen atoms in total. The first-order valence-corrected chi connectivity index (χ1v) is 11.5. The third-order valence-corrected chi connectivity index (χ3v) is 7.30. The normalized spacial score (nSPS) is 12.4. The van der Waals surface area contributed by atoms with E-state index in [0.717, 1.165) is 25.6 Å². The average molecular weight is 280 g/mol. The highest BCUT2D eigenvalue weighted by Crippen LogP contribution is 2.14. The molecule has 0 spiro atoms. The summed E-state index contributed by atoms with van der Waals surface area (Å²) in [7, 11) is 2.30. The van der Waals surface area contributed by atoms with Gasteiger partial charge in [0.1, 0.15) is 0 Å². The van der Waals surface area contributed by atoms with Crippen molar-refractivity contribution >= 4 is 17.6 Å². The summed E-state index contributed by atoms with van der Waals surface area (Å²) in [6.45, 7) is 6.95. The van der Waals surface area contributed by atoms with Crippen LogP contribution in [0.5, 0.6) is 0 Å². The molecule has 0 radical (unpaired) electrons. The number of hydrogen-bond donors (Lipinski definition) is 1. The average Bonchev–Trinajstić information content (AvgIpc) is 2.33. The molecular weight excluding hydrogens is 250 g/mol. The van der Waals surface area contributed by atoms with E-state index in [-0.39, 0.29) is 8.80 Å². The lowest BCUT2D eigenvalue weighted by Crippen LogP contribution is -2.43. The molecule has 0 aliphatic carbocycles. The molecular formula is C11H29NO3Si2. The van der Waals surface area contributed by atoms with Crippen molar-refractivity contribution in [1.29, 1.82) is 0 Å². The monoisotopic (exact) mass is 279 g/mol. The van der Waals surface area contributed by atoms with Crippen LogP contribution in [0.25, 0.3) is 0 Å². The lowest BCUT2D eigenvalue weighted by Gasteiger charge is -2.24. The summed E-state index contributed by atoms with van der Waals surface area (Å²) in [6, 6.07) is 2.31. The van der Waals surface area contributed by atoms with Crippen molar-refractivity contribution in [1.82, 2.24) is 5.32 Å². The summed E-state index contributed by atoms with van der Waals surface area (Å²) in [5.41, 5.74) is 0. The van der Waals surface area contributed by atoms with Crippen LogP contribution in [0, 0.1) is 0 Å². The van der Waals surface area contributed by atoms with E-state index in [1.807, 2.05) is 0 Å². The van der Waals surface area contributed by atoms with Crippen molar-refractivity contribution in [2.45, 2.75) is 38.0 Å². The van der Waals surface area contributed by atoms with Gasteiger partial charge in [0, 0.05) is 36.2 Å². The molecule has 0 aromatic carbocycles. The Morgan fingerprint density at radius 2 is 1.47 bits per heavy atom. The van der Waals surface area contributed by atoms with Gasteiger partial charge >= 0.3 is 8.80 Å². The topological polar surface area (TPSA) is 39.7 Å². The van der Waals surface area contributed by atoms with E-state index in [4.69, 9.17) is 13.3 Å². The maximum Gasteiger partial charge on any atom is 0.500 e. The van der Waals surface area contributed by atoms with Gasteiger partial charge in [-0.25, -0.2) is 0 Å². The molecule has 0 bridgehead atoms. The van der Waals surface area contributed by atoms with Gasteiger partial charge in [0.15, 0.2) is 0 Å². The second-order valence-electron chi connectivity index (χ2n) is 4.69. The molecule has 0 amide bonds. The highest BCUT2D eigenvalue weighted by atomic mass is 28.4. The Hall–Kier alpha value is 0.274. The minimum Gasteiger partial charge on any atom is -0.377 e. The molecule has 0 atom stereocenters. The smallest absolute Gasteiger partial charge is 0.377 e. The van der Waals surface area contributed by atoms with Crippen LogP contribution in [-0.2, 0) is 13.3 Å². The zero-order valence-corrected chi connectivity index (χ0v) is 14.2. The molecule has 0 aromatic heterocycles. The number of nitrogens with one attached hydrogen (secondary N) is 1. The van der Waals surface area contributed by atoms with E-state index >= 15 is 0 Å². The molecule has 0 unspecified atom stereocenters. The van der Waals surface area contributed by atoms with Crippen molar-refractivity contribution in [3.63, 3.8) is 0 Å². The van der Waals surface area contributed by atoms with Gasteiger partial charge < -0.3 is 18.6 Å². The Morgan fingerprint density at radius 1 is 0.941 bits per heavy atom. The zero-order chi connectivity index (χ0) is 13.1. The quantitative estimate of drug-likeness (QED) is 0.462. The zero-order valence-electron chi connectivity index (χ0n) is 12.0. The fraction of sp³-hybridized carbons (Fsp3) is 1.00.